The van der Waals surface area contributed by atoms with Gasteiger partial charge in [-0.15, -0.1) is 0 Å². The van der Waals surface area contributed by atoms with Gasteiger partial charge in [-0.25, -0.2) is 12.8 Å². The molecule has 0 saturated heterocycles. The molecular formula is C26H28Cl2FN3O7S. The molecule has 3 fully saturated rings. The molecule has 216 valence electrons. The number of hydrogen-bond donors (Lipinski definition) is 2. The minimum atomic E-state index is -3.83. The number of fused-ring (bicyclic) bond motifs is 1. The summed E-state index contributed by atoms with van der Waals surface area (Å²) in [5, 5.41) is 6.21. The van der Waals surface area contributed by atoms with Crippen molar-refractivity contribution in [3.63, 3.8) is 0 Å². The number of anilines is 1. The van der Waals surface area contributed by atoms with E-state index in [0.29, 0.717) is 30.9 Å². The monoisotopic (exact) mass is 615 g/mol. The van der Waals surface area contributed by atoms with Crippen molar-refractivity contribution in [1.29, 1.82) is 0 Å². The normalized spacial score (nSPS) is 24.6. The first-order valence-electron chi connectivity index (χ1n) is 12.7. The van der Waals surface area contributed by atoms with Crippen LogP contribution >= 0.6 is 23.2 Å². The van der Waals surface area contributed by atoms with Gasteiger partial charge in [0.2, 0.25) is 10.0 Å². The third-order valence-electron chi connectivity index (χ3n) is 7.19. The van der Waals surface area contributed by atoms with Gasteiger partial charge in [0.1, 0.15) is 17.3 Å². The summed E-state index contributed by atoms with van der Waals surface area (Å²) in [6, 6.07) is 8.50. The van der Waals surface area contributed by atoms with Crippen LogP contribution in [0.5, 0.6) is 11.5 Å². The molecule has 1 heterocycles. The summed E-state index contributed by atoms with van der Waals surface area (Å²) in [4.78, 5) is 25.6. The van der Waals surface area contributed by atoms with Crippen LogP contribution in [0.25, 0.3) is 0 Å². The van der Waals surface area contributed by atoms with Crippen molar-refractivity contribution in [3.05, 3.63) is 52.3 Å². The summed E-state index contributed by atoms with van der Waals surface area (Å²) in [6.45, 7) is 1.66. The summed E-state index contributed by atoms with van der Waals surface area (Å²) in [5.41, 5.74) is -0.694. The second-order valence-electron chi connectivity index (χ2n) is 10.3. The largest absolute Gasteiger partial charge is 0.484 e. The highest BCUT2D eigenvalue weighted by Crippen LogP contribution is 2.60. The topological polar surface area (TPSA) is 123 Å². The molecule has 2 amide bonds. The van der Waals surface area contributed by atoms with E-state index in [9.17, 15) is 22.4 Å². The molecule has 1 aliphatic heterocycles. The Morgan fingerprint density at radius 2 is 1.85 bits per heavy atom. The quantitative estimate of drug-likeness (QED) is 0.372. The third-order valence-corrected chi connectivity index (χ3v) is 9.43. The van der Waals surface area contributed by atoms with Crippen LogP contribution in [-0.2, 0) is 24.3 Å². The number of nitrogens with zero attached hydrogens (tertiary/aromatic N) is 1. The molecular weight excluding hydrogens is 588 g/mol. The van der Waals surface area contributed by atoms with Gasteiger partial charge in [0.15, 0.2) is 12.7 Å². The van der Waals surface area contributed by atoms with Gasteiger partial charge in [-0.3, -0.25) is 13.9 Å². The number of carbonyl (C=O) groups excluding carboxylic acids is 2. The molecule has 2 aromatic rings. The molecule has 3 saturated carbocycles. The Kier molecular flexibility index (Phi) is 7.81. The van der Waals surface area contributed by atoms with Gasteiger partial charge >= 0.3 is 0 Å². The predicted octanol–water partition coefficient (Wildman–Crippen LogP) is 3.05. The first kappa shape index (κ1) is 28.7. The molecule has 6 rings (SSSR count). The van der Waals surface area contributed by atoms with E-state index in [1.54, 1.807) is 13.0 Å². The van der Waals surface area contributed by atoms with E-state index >= 15 is 0 Å². The minimum Gasteiger partial charge on any atom is -0.484 e. The van der Waals surface area contributed by atoms with E-state index in [1.807, 2.05) is 0 Å². The number of benzene rings is 2. The molecule has 4 aliphatic rings. The zero-order valence-electron chi connectivity index (χ0n) is 21.5. The van der Waals surface area contributed by atoms with Gasteiger partial charge in [0.25, 0.3) is 11.8 Å². The summed E-state index contributed by atoms with van der Waals surface area (Å²) in [5.74, 6) is -1.30. The van der Waals surface area contributed by atoms with Gasteiger partial charge in [0.05, 0.1) is 29.6 Å². The highest BCUT2D eigenvalue weighted by atomic mass is 35.5. The van der Waals surface area contributed by atoms with E-state index in [-0.39, 0.29) is 53.6 Å². The first-order valence-corrected chi connectivity index (χ1v) is 15.0. The average molecular weight is 616 g/mol. The predicted molar refractivity (Wildman–Crippen MR) is 146 cm³/mol. The van der Waals surface area contributed by atoms with Crippen LogP contribution in [0.4, 0.5) is 10.1 Å². The van der Waals surface area contributed by atoms with Crippen molar-refractivity contribution >= 4 is 50.7 Å². The standard InChI is InChI=1S/C26H28Cl2FN3O7S/c1-2-37-7-8-40(35,36)32-11-22(39-21-6-3-16(27)9-20(21)32)24(34)31-26-13-25(14-26,15-26)30-23(33)12-38-17-4-5-18(28)19(29)10-17/h3-6,9-10,22H,2,7-8,11-15H2,1H3,(H,30,33)(H,31,34). The maximum absolute atomic E-state index is 13.6. The van der Waals surface area contributed by atoms with Crippen LogP contribution in [0, 0.1) is 5.82 Å². The highest BCUT2D eigenvalue weighted by molar-refractivity contribution is 7.92. The number of amides is 2. The second-order valence-corrected chi connectivity index (χ2v) is 13.1. The summed E-state index contributed by atoms with van der Waals surface area (Å²) in [6.07, 6.45) is 0.468. The number of ether oxygens (including phenoxy) is 3. The zero-order chi connectivity index (χ0) is 28.7. The fourth-order valence-corrected chi connectivity index (χ4v) is 7.12. The molecule has 3 aliphatic carbocycles. The van der Waals surface area contributed by atoms with Gasteiger partial charge in [-0.05, 0) is 56.5 Å². The summed E-state index contributed by atoms with van der Waals surface area (Å²) < 4.78 is 57.4. The zero-order valence-corrected chi connectivity index (χ0v) is 23.9. The van der Waals surface area contributed by atoms with E-state index < -0.39 is 38.9 Å². The Bertz CT molecular complexity index is 1420. The number of sulfonamides is 1. The third kappa shape index (κ3) is 5.81. The van der Waals surface area contributed by atoms with E-state index in [4.69, 9.17) is 37.4 Å². The molecule has 14 heteroatoms. The van der Waals surface area contributed by atoms with Gasteiger partial charge in [0, 0.05) is 28.8 Å². The molecule has 0 radical (unpaired) electrons. The van der Waals surface area contributed by atoms with E-state index in [1.165, 1.54) is 24.3 Å². The van der Waals surface area contributed by atoms with Crippen LogP contribution in [0.3, 0.4) is 0 Å². The minimum absolute atomic E-state index is 0.0154. The smallest absolute Gasteiger partial charge is 0.263 e. The average Bonchev–Trinajstić information content (AvgIpc) is 2.86. The molecule has 0 aromatic heterocycles. The molecule has 40 heavy (non-hydrogen) atoms. The Hall–Kier alpha value is -2.80. The van der Waals surface area contributed by atoms with Crippen molar-refractivity contribution in [3.8, 4) is 11.5 Å². The Morgan fingerprint density at radius 3 is 2.55 bits per heavy atom. The lowest BCUT2D eigenvalue weighted by Gasteiger charge is -2.70. The highest BCUT2D eigenvalue weighted by Gasteiger charge is 2.69. The van der Waals surface area contributed by atoms with E-state index in [0.717, 1.165) is 10.4 Å². The number of hydrogen-bond acceptors (Lipinski definition) is 7. The number of carbonyl (C=O) groups is 2. The van der Waals surface area contributed by atoms with Crippen LogP contribution in [0.15, 0.2) is 36.4 Å². The molecule has 1 atom stereocenters. The number of halogens is 3. The van der Waals surface area contributed by atoms with Crippen molar-refractivity contribution in [2.24, 2.45) is 0 Å². The Balaban J connectivity index is 1.16. The molecule has 0 spiro atoms. The van der Waals surface area contributed by atoms with Gasteiger partial charge < -0.3 is 24.8 Å². The molecule has 2 N–H and O–H groups in total. The van der Waals surface area contributed by atoms with Crippen LogP contribution in [0.2, 0.25) is 10.0 Å². The van der Waals surface area contributed by atoms with Crippen LogP contribution in [-0.4, -0.2) is 69.5 Å². The van der Waals surface area contributed by atoms with Crippen molar-refractivity contribution in [2.75, 3.05) is 36.4 Å². The lowest BCUT2D eigenvalue weighted by molar-refractivity contribution is -0.153. The lowest BCUT2D eigenvalue weighted by Crippen LogP contribution is -2.84. The number of rotatable bonds is 11. The Morgan fingerprint density at radius 1 is 1.12 bits per heavy atom. The molecule has 2 bridgehead atoms. The van der Waals surface area contributed by atoms with Gasteiger partial charge in [-0.1, -0.05) is 23.2 Å². The van der Waals surface area contributed by atoms with Crippen molar-refractivity contribution in [2.45, 2.75) is 43.4 Å². The first-order chi connectivity index (χ1) is 18.9. The number of nitrogens with one attached hydrogen (secondary N) is 2. The molecule has 1 unspecified atom stereocenters. The van der Waals surface area contributed by atoms with Crippen LogP contribution in [0.1, 0.15) is 26.2 Å². The molecule has 2 aromatic carbocycles. The lowest BCUT2D eigenvalue weighted by atomic mass is 9.44. The maximum Gasteiger partial charge on any atom is 0.263 e. The van der Waals surface area contributed by atoms with Gasteiger partial charge in [-0.2, -0.15) is 0 Å². The van der Waals surface area contributed by atoms with E-state index in [2.05, 4.69) is 10.6 Å². The Labute approximate surface area is 241 Å². The molecule has 10 nitrogen and oxygen atoms in total. The second kappa shape index (κ2) is 10.9. The maximum atomic E-state index is 13.6. The van der Waals surface area contributed by atoms with Crippen LogP contribution < -0.4 is 24.4 Å². The fraction of sp³-hybridized carbons (Fsp3) is 0.462. The summed E-state index contributed by atoms with van der Waals surface area (Å²) >= 11 is 11.8. The fourth-order valence-electron chi connectivity index (χ4n) is 5.49. The summed E-state index contributed by atoms with van der Waals surface area (Å²) in [7, 11) is -3.83. The SMILES string of the molecule is CCOCCS(=O)(=O)N1CC(C(=O)NC23CC(NC(=O)COc4ccc(Cl)c(F)c4)(C2)C3)Oc2ccc(Cl)cc21. The van der Waals surface area contributed by atoms with Crippen molar-refractivity contribution < 1.29 is 36.6 Å². The van der Waals surface area contributed by atoms with Crippen molar-refractivity contribution in [1.82, 2.24) is 10.6 Å².